The fourth-order valence-electron chi connectivity index (χ4n) is 3.63. The van der Waals surface area contributed by atoms with Gasteiger partial charge in [0, 0.05) is 25.3 Å². The van der Waals surface area contributed by atoms with E-state index in [-0.39, 0.29) is 23.8 Å². The standard InChI is InChI=1S/C18H24ClN3O3/c1-25-18(24)12-5-6-14(9-12)21-16-15(19)10-13(11-20-16)17(23)22-7-3-2-4-8-22/h10-12,14H,2-9H2,1H3,(H,20,21)/t12-,14+/m0/s1. The van der Waals surface area contributed by atoms with Gasteiger partial charge in [-0.25, -0.2) is 4.98 Å². The summed E-state index contributed by atoms with van der Waals surface area (Å²) < 4.78 is 4.81. The van der Waals surface area contributed by atoms with Crippen LogP contribution in [0.25, 0.3) is 0 Å². The third-order valence-corrected chi connectivity index (χ3v) is 5.33. The van der Waals surface area contributed by atoms with Gasteiger partial charge in [-0.3, -0.25) is 9.59 Å². The minimum Gasteiger partial charge on any atom is -0.469 e. The zero-order chi connectivity index (χ0) is 17.8. The van der Waals surface area contributed by atoms with Crippen molar-refractivity contribution < 1.29 is 14.3 Å². The minimum atomic E-state index is -0.161. The Morgan fingerprint density at radius 3 is 2.72 bits per heavy atom. The highest BCUT2D eigenvalue weighted by molar-refractivity contribution is 6.33. The molecule has 1 N–H and O–H groups in total. The van der Waals surface area contributed by atoms with Crippen LogP contribution in [0.1, 0.15) is 48.9 Å². The zero-order valence-corrected chi connectivity index (χ0v) is 15.2. The third kappa shape index (κ3) is 4.24. The van der Waals surface area contributed by atoms with E-state index in [9.17, 15) is 9.59 Å². The van der Waals surface area contributed by atoms with Crippen molar-refractivity contribution in [1.82, 2.24) is 9.88 Å². The first-order chi connectivity index (χ1) is 12.1. The summed E-state index contributed by atoms with van der Waals surface area (Å²) in [6.07, 6.45) is 7.24. The molecule has 7 heteroatoms. The molecule has 1 saturated heterocycles. The zero-order valence-electron chi connectivity index (χ0n) is 14.5. The van der Waals surface area contributed by atoms with Gasteiger partial charge in [-0.2, -0.15) is 0 Å². The van der Waals surface area contributed by atoms with Gasteiger partial charge in [0.15, 0.2) is 0 Å². The van der Waals surface area contributed by atoms with Crippen molar-refractivity contribution >= 4 is 29.3 Å². The molecule has 3 rings (SSSR count). The van der Waals surface area contributed by atoms with Gasteiger partial charge >= 0.3 is 5.97 Å². The normalized spacial score (nSPS) is 23.4. The number of rotatable bonds is 4. The van der Waals surface area contributed by atoms with Crippen molar-refractivity contribution in [2.45, 2.75) is 44.6 Å². The fraction of sp³-hybridized carbons (Fsp3) is 0.611. The Balaban J connectivity index is 1.62. The molecule has 0 bridgehead atoms. The Hall–Kier alpha value is -1.82. The van der Waals surface area contributed by atoms with E-state index in [1.807, 2.05) is 4.90 Å². The van der Waals surface area contributed by atoms with E-state index in [0.29, 0.717) is 22.8 Å². The van der Waals surface area contributed by atoms with E-state index in [2.05, 4.69) is 10.3 Å². The molecule has 25 heavy (non-hydrogen) atoms. The molecule has 1 aliphatic carbocycles. The van der Waals surface area contributed by atoms with Crippen LogP contribution in [-0.2, 0) is 9.53 Å². The number of aromatic nitrogens is 1. The number of carbonyl (C=O) groups is 2. The molecule has 6 nitrogen and oxygen atoms in total. The van der Waals surface area contributed by atoms with Crippen LogP contribution in [0.2, 0.25) is 5.02 Å². The second-order valence-electron chi connectivity index (χ2n) is 6.78. The highest BCUT2D eigenvalue weighted by Gasteiger charge is 2.31. The summed E-state index contributed by atoms with van der Waals surface area (Å²) in [4.78, 5) is 30.3. The SMILES string of the molecule is COC(=O)[C@H]1CC[C@@H](Nc2ncc(C(=O)N3CCCCC3)cc2Cl)C1. The first-order valence-corrected chi connectivity index (χ1v) is 9.25. The van der Waals surface area contributed by atoms with Gasteiger partial charge in [0.2, 0.25) is 0 Å². The number of halogens is 1. The lowest BCUT2D eigenvalue weighted by Crippen LogP contribution is -2.35. The number of carbonyl (C=O) groups excluding carboxylic acids is 2. The third-order valence-electron chi connectivity index (χ3n) is 5.04. The first-order valence-electron chi connectivity index (χ1n) is 8.87. The van der Waals surface area contributed by atoms with Crippen molar-refractivity contribution in [2.24, 2.45) is 5.92 Å². The van der Waals surface area contributed by atoms with Gasteiger partial charge in [0.1, 0.15) is 5.82 Å². The topological polar surface area (TPSA) is 71.5 Å². The summed E-state index contributed by atoms with van der Waals surface area (Å²) in [5.74, 6) is 0.326. The van der Waals surface area contributed by atoms with Crippen molar-refractivity contribution in [3.8, 4) is 0 Å². The molecule has 0 spiro atoms. The molecule has 1 saturated carbocycles. The van der Waals surface area contributed by atoms with E-state index in [1.165, 1.54) is 13.5 Å². The van der Waals surface area contributed by atoms with E-state index in [4.69, 9.17) is 16.3 Å². The molecule has 136 valence electrons. The molecular formula is C18H24ClN3O3. The number of piperidine rings is 1. The fourth-order valence-corrected chi connectivity index (χ4v) is 3.85. The van der Waals surface area contributed by atoms with Crippen molar-refractivity contribution in [2.75, 3.05) is 25.5 Å². The molecule has 1 aliphatic heterocycles. The smallest absolute Gasteiger partial charge is 0.308 e. The maximum Gasteiger partial charge on any atom is 0.308 e. The number of hydrogen-bond acceptors (Lipinski definition) is 5. The summed E-state index contributed by atoms with van der Waals surface area (Å²) in [6, 6.07) is 1.82. The Kier molecular flexibility index (Phi) is 5.78. The monoisotopic (exact) mass is 365 g/mol. The maximum absolute atomic E-state index is 12.5. The van der Waals surface area contributed by atoms with Gasteiger partial charge in [0.25, 0.3) is 5.91 Å². The largest absolute Gasteiger partial charge is 0.469 e. The van der Waals surface area contributed by atoms with Crippen LogP contribution in [0.5, 0.6) is 0 Å². The van der Waals surface area contributed by atoms with E-state index in [0.717, 1.165) is 38.8 Å². The van der Waals surface area contributed by atoms with Gasteiger partial charge in [0.05, 0.1) is 23.6 Å². The van der Waals surface area contributed by atoms with Gasteiger partial charge in [-0.15, -0.1) is 0 Å². The number of amides is 1. The Morgan fingerprint density at radius 2 is 2.04 bits per heavy atom. The lowest BCUT2D eigenvalue weighted by atomic mass is 10.1. The van der Waals surface area contributed by atoms with Crippen LogP contribution in [0.3, 0.4) is 0 Å². The van der Waals surface area contributed by atoms with Crippen LogP contribution in [0, 0.1) is 5.92 Å². The number of nitrogens with one attached hydrogen (secondary N) is 1. The number of likely N-dealkylation sites (tertiary alicyclic amines) is 1. The summed E-state index contributed by atoms with van der Waals surface area (Å²) in [5, 5.41) is 3.72. The second kappa shape index (κ2) is 8.04. The average Bonchev–Trinajstić information content (AvgIpc) is 3.11. The lowest BCUT2D eigenvalue weighted by molar-refractivity contribution is -0.145. The summed E-state index contributed by atoms with van der Waals surface area (Å²) in [7, 11) is 1.42. The summed E-state index contributed by atoms with van der Waals surface area (Å²) in [6.45, 7) is 1.60. The number of hydrogen-bond donors (Lipinski definition) is 1. The van der Waals surface area contributed by atoms with E-state index < -0.39 is 0 Å². The van der Waals surface area contributed by atoms with Gasteiger partial charge in [-0.1, -0.05) is 11.6 Å². The molecule has 0 aromatic carbocycles. The number of ether oxygens (including phenoxy) is 1. The molecule has 0 radical (unpaired) electrons. The van der Waals surface area contributed by atoms with Crippen LogP contribution < -0.4 is 5.32 Å². The number of nitrogens with zero attached hydrogens (tertiary/aromatic N) is 2. The number of anilines is 1. The summed E-state index contributed by atoms with van der Waals surface area (Å²) in [5.41, 5.74) is 0.524. The summed E-state index contributed by atoms with van der Waals surface area (Å²) >= 11 is 6.33. The van der Waals surface area contributed by atoms with Crippen molar-refractivity contribution in [1.29, 1.82) is 0 Å². The van der Waals surface area contributed by atoms with Crippen LogP contribution in [0.4, 0.5) is 5.82 Å². The quantitative estimate of drug-likeness (QED) is 0.830. The number of pyridine rings is 1. The molecule has 0 unspecified atom stereocenters. The molecule has 2 aliphatic rings. The van der Waals surface area contributed by atoms with Crippen molar-refractivity contribution in [3.63, 3.8) is 0 Å². The highest BCUT2D eigenvalue weighted by Crippen LogP contribution is 2.31. The maximum atomic E-state index is 12.5. The molecular weight excluding hydrogens is 342 g/mol. The predicted molar refractivity (Wildman–Crippen MR) is 95.8 cm³/mol. The second-order valence-corrected chi connectivity index (χ2v) is 7.19. The Morgan fingerprint density at radius 1 is 1.28 bits per heavy atom. The minimum absolute atomic E-state index is 0.00716. The number of methoxy groups -OCH3 is 1. The molecule has 1 amide bonds. The van der Waals surface area contributed by atoms with Crippen LogP contribution in [0.15, 0.2) is 12.3 Å². The Bertz CT molecular complexity index is 646. The molecule has 2 fully saturated rings. The predicted octanol–water partition coefficient (Wildman–Crippen LogP) is 3.11. The highest BCUT2D eigenvalue weighted by atomic mass is 35.5. The molecule has 2 heterocycles. The Labute approximate surface area is 152 Å². The van der Waals surface area contributed by atoms with E-state index in [1.54, 1.807) is 12.3 Å². The van der Waals surface area contributed by atoms with Crippen LogP contribution in [-0.4, -0.2) is 48.0 Å². The molecule has 2 atom stereocenters. The van der Waals surface area contributed by atoms with Gasteiger partial charge in [-0.05, 0) is 44.6 Å². The molecule has 1 aromatic rings. The van der Waals surface area contributed by atoms with E-state index >= 15 is 0 Å². The average molecular weight is 366 g/mol. The van der Waals surface area contributed by atoms with Crippen LogP contribution >= 0.6 is 11.6 Å². The molecule has 1 aromatic heterocycles. The number of esters is 1. The lowest BCUT2D eigenvalue weighted by Gasteiger charge is -2.26. The first kappa shape index (κ1) is 18.0. The van der Waals surface area contributed by atoms with Gasteiger partial charge < -0.3 is 15.0 Å². The van der Waals surface area contributed by atoms with Crippen molar-refractivity contribution in [3.05, 3.63) is 22.8 Å².